The third-order valence-electron chi connectivity index (χ3n) is 1.47. The van der Waals surface area contributed by atoms with Crippen LogP contribution in [0.25, 0.3) is 0 Å². The maximum atomic E-state index is 10.2. The van der Waals surface area contributed by atoms with Gasteiger partial charge in [0.05, 0.1) is 6.20 Å². The minimum absolute atomic E-state index is 0.190. The Balaban J connectivity index is 2.36. The van der Waals surface area contributed by atoms with Crippen molar-refractivity contribution in [1.29, 1.82) is 0 Å². The first-order valence-corrected chi connectivity index (χ1v) is 3.83. The molecule has 1 aromatic rings. The zero-order chi connectivity index (χ0) is 8.81. The number of aryl methyl sites for hydroxylation is 1. The average Bonchev–Trinajstić information content (AvgIpc) is 2.53. The molecule has 1 rings (SSSR count). The highest BCUT2D eigenvalue weighted by atomic mass is 16.2. The summed E-state index contributed by atoms with van der Waals surface area (Å²) in [6.45, 7) is 0.886. The second-order valence-corrected chi connectivity index (χ2v) is 2.46. The number of hydrogen-bond donors (Lipinski definition) is 1. The molecular weight excluding hydrogens is 158 g/mol. The van der Waals surface area contributed by atoms with E-state index in [1.807, 2.05) is 0 Å². The normalized spacial score (nSPS) is 10.1. The number of carbonyl (C=O) groups is 1. The van der Waals surface area contributed by atoms with Crippen LogP contribution >= 0.6 is 0 Å². The van der Waals surface area contributed by atoms with Crippen molar-refractivity contribution in [3.05, 3.63) is 11.9 Å². The first kappa shape index (κ1) is 8.86. The number of nitrogens with zero attached hydrogens (tertiary/aromatic N) is 3. The second kappa shape index (κ2) is 4.61. The Morgan fingerprint density at radius 3 is 3.00 bits per heavy atom. The third-order valence-corrected chi connectivity index (χ3v) is 1.47. The van der Waals surface area contributed by atoms with Gasteiger partial charge in [0.1, 0.15) is 5.69 Å². The van der Waals surface area contributed by atoms with Gasteiger partial charge in [-0.15, -0.1) is 5.10 Å². The highest BCUT2D eigenvalue weighted by Gasteiger charge is 1.97. The van der Waals surface area contributed by atoms with Crippen LogP contribution in [0.15, 0.2) is 6.20 Å². The topological polar surface area (TPSA) is 68.0 Å². The number of hydrogen-bond acceptors (Lipinski definition) is 4. The molecule has 1 aromatic heterocycles. The molecule has 0 saturated carbocycles. The molecule has 0 aliphatic rings. The SMILES string of the molecule is O=Cc1cn(CCCCO)nn1. The summed E-state index contributed by atoms with van der Waals surface area (Å²) in [7, 11) is 0. The quantitative estimate of drug-likeness (QED) is 0.492. The van der Waals surface area contributed by atoms with Gasteiger partial charge < -0.3 is 5.11 Å². The fraction of sp³-hybridized carbons (Fsp3) is 0.571. The predicted molar refractivity (Wildman–Crippen MR) is 41.7 cm³/mol. The fourth-order valence-electron chi connectivity index (χ4n) is 0.862. The predicted octanol–water partition coefficient (Wildman–Crippen LogP) is -0.137. The molecule has 0 fully saturated rings. The van der Waals surface area contributed by atoms with Crippen LogP contribution in [0.3, 0.4) is 0 Å². The van der Waals surface area contributed by atoms with E-state index in [9.17, 15) is 4.79 Å². The van der Waals surface area contributed by atoms with Crippen LogP contribution in [-0.2, 0) is 6.54 Å². The number of aldehydes is 1. The van der Waals surface area contributed by atoms with E-state index in [4.69, 9.17) is 5.11 Å². The standard InChI is InChI=1S/C7H11N3O2/c11-4-2-1-3-10-5-7(6-12)8-9-10/h5-6,11H,1-4H2. The van der Waals surface area contributed by atoms with Crippen LogP contribution < -0.4 is 0 Å². The Kier molecular flexibility index (Phi) is 3.40. The molecule has 0 unspecified atom stereocenters. The van der Waals surface area contributed by atoms with E-state index in [0.29, 0.717) is 18.5 Å². The van der Waals surface area contributed by atoms with E-state index in [2.05, 4.69) is 10.3 Å². The van der Waals surface area contributed by atoms with Gasteiger partial charge >= 0.3 is 0 Å². The molecule has 0 aliphatic heterocycles. The van der Waals surface area contributed by atoms with Gasteiger partial charge in [-0.3, -0.25) is 9.48 Å². The summed E-state index contributed by atoms with van der Waals surface area (Å²) in [4.78, 5) is 10.2. The Bertz CT molecular complexity index is 247. The molecule has 1 N–H and O–H groups in total. The molecule has 5 nitrogen and oxygen atoms in total. The van der Waals surface area contributed by atoms with E-state index >= 15 is 0 Å². The molecule has 0 amide bonds. The Morgan fingerprint density at radius 1 is 1.58 bits per heavy atom. The van der Waals surface area contributed by atoms with Gasteiger partial charge in [-0.1, -0.05) is 5.21 Å². The fourth-order valence-corrected chi connectivity index (χ4v) is 0.862. The van der Waals surface area contributed by atoms with Crippen molar-refractivity contribution in [2.24, 2.45) is 0 Å². The Labute approximate surface area is 70.0 Å². The molecule has 0 saturated heterocycles. The van der Waals surface area contributed by atoms with Crippen molar-refractivity contribution in [3.8, 4) is 0 Å². The Hall–Kier alpha value is -1.23. The number of aliphatic hydroxyl groups excluding tert-OH is 1. The van der Waals surface area contributed by atoms with Crippen molar-refractivity contribution in [2.45, 2.75) is 19.4 Å². The van der Waals surface area contributed by atoms with E-state index < -0.39 is 0 Å². The summed E-state index contributed by atoms with van der Waals surface area (Å²) >= 11 is 0. The van der Waals surface area contributed by atoms with E-state index in [0.717, 1.165) is 12.8 Å². The number of aromatic nitrogens is 3. The highest BCUT2D eigenvalue weighted by Crippen LogP contribution is 1.94. The molecule has 0 bridgehead atoms. The monoisotopic (exact) mass is 169 g/mol. The summed E-state index contributed by atoms with van der Waals surface area (Å²) in [5.41, 5.74) is 0.346. The van der Waals surface area contributed by atoms with Crippen LogP contribution in [0.5, 0.6) is 0 Å². The van der Waals surface area contributed by atoms with Gasteiger partial charge in [-0.05, 0) is 12.8 Å². The van der Waals surface area contributed by atoms with Gasteiger partial charge in [-0.25, -0.2) is 0 Å². The van der Waals surface area contributed by atoms with Crippen LogP contribution in [0.2, 0.25) is 0 Å². The molecule has 5 heteroatoms. The van der Waals surface area contributed by atoms with Crippen LogP contribution in [0.4, 0.5) is 0 Å². The first-order valence-electron chi connectivity index (χ1n) is 3.83. The third kappa shape index (κ3) is 2.43. The van der Waals surface area contributed by atoms with Gasteiger partial charge in [0.25, 0.3) is 0 Å². The van der Waals surface area contributed by atoms with Gasteiger partial charge in [-0.2, -0.15) is 0 Å². The lowest BCUT2D eigenvalue weighted by Crippen LogP contribution is -1.99. The van der Waals surface area contributed by atoms with Crippen LogP contribution in [-0.4, -0.2) is 33.0 Å². The zero-order valence-corrected chi connectivity index (χ0v) is 6.68. The molecule has 0 spiro atoms. The summed E-state index contributed by atoms with van der Waals surface area (Å²) in [5.74, 6) is 0. The lowest BCUT2D eigenvalue weighted by Gasteiger charge is -1.96. The van der Waals surface area contributed by atoms with Crippen molar-refractivity contribution < 1.29 is 9.90 Å². The molecule has 66 valence electrons. The van der Waals surface area contributed by atoms with Crippen molar-refractivity contribution in [1.82, 2.24) is 15.0 Å². The largest absolute Gasteiger partial charge is 0.396 e. The van der Waals surface area contributed by atoms with Crippen molar-refractivity contribution in [2.75, 3.05) is 6.61 Å². The minimum atomic E-state index is 0.190. The van der Waals surface area contributed by atoms with Gasteiger partial charge in [0.15, 0.2) is 6.29 Å². The summed E-state index contributed by atoms with van der Waals surface area (Å²) in [6, 6.07) is 0. The number of carbonyl (C=O) groups excluding carboxylic acids is 1. The van der Waals surface area contributed by atoms with Gasteiger partial charge in [0, 0.05) is 13.2 Å². The van der Waals surface area contributed by atoms with E-state index in [1.165, 1.54) is 0 Å². The molecule has 0 aliphatic carbocycles. The minimum Gasteiger partial charge on any atom is -0.396 e. The van der Waals surface area contributed by atoms with Crippen LogP contribution in [0, 0.1) is 0 Å². The number of unbranched alkanes of at least 4 members (excludes halogenated alkanes) is 1. The van der Waals surface area contributed by atoms with Crippen molar-refractivity contribution >= 4 is 6.29 Å². The lowest BCUT2D eigenvalue weighted by molar-refractivity contribution is 0.111. The number of rotatable bonds is 5. The highest BCUT2D eigenvalue weighted by molar-refractivity contribution is 5.70. The van der Waals surface area contributed by atoms with Gasteiger partial charge in [0.2, 0.25) is 0 Å². The van der Waals surface area contributed by atoms with E-state index in [1.54, 1.807) is 10.9 Å². The molecule has 0 radical (unpaired) electrons. The maximum absolute atomic E-state index is 10.2. The second-order valence-electron chi connectivity index (χ2n) is 2.46. The lowest BCUT2D eigenvalue weighted by atomic mass is 10.3. The van der Waals surface area contributed by atoms with Crippen LogP contribution in [0.1, 0.15) is 23.3 Å². The summed E-state index contributed by atoms with van der Waals surface area (Å²) < 4.78 is 1.60. The first-order chi connectivity index (χ1) is 5.86. The molecule has 12 heavy (non-hydrogen) atoms. The Morgan fingerprint density at radius 2 is 2.42 bits per heavy atom. The zero-order valence-electron chi connectivity index (χ0n) is 6.68. The molecular formula is C7H11N3O2. The summed E-state index contributed by atoms with van der Waals surface area (Å²) in [6.07, 6.45) is 3.84. The average molecular weight is 169 g/mol. The molecule has 1 heterocycles. The smallest absolute Gasteiger partial charge is 0.171 e. The summed E-state index contributed by atoms with van der Waals surface area (Å²) in [5, 5.41) is 15.8. The molecule has 0 aromatic carbocycles. The molecule has 0 atom stereocenters. The number of aliphatic hydroxyl groups is 1. The van der Waals surface area contributed by atoms with E-state index in [-0.39, 0.29) is 6.61 Å². The van der Waals surface area contributed by atoms with Crippen molar-refractivity contribution in [3.63, 3.8) is 0 Å². The maximum Gasteiger partial charge on any atom is 0.171 e.